The number of ketones is 2. The molecule has 7 rings (SSSR count). The molecule has 0 spiro atoms. The van der Waals surface area contributed by atoms with Crippen LogP contribution in [-0.4, -0.2) is 75.4 Å². The van der Waals surface area contributed by atoms with Gasteiger partial charge in [-0.1, -0.05) is 152 Å². The lowest BCUT2D eigenvalue weighted by Gasteiger charge is -2.47. The fourth-order valence-electron chi connectivity index (χ4n) is 10.0. The normalized spacial score (nSPS) is 26.6. The number of carbonyl (C=O) groups is 2. The topological polar surface area (TPSA) is 134 Å². The highest BCUT2D eigenvalue weighted by atomic mass is 16.7. The van der Waals surface area contributed by atoms with E-state index >= 15 is 0 Å². The largest absolute Gasteiger partial charge is 0.387 e. The molecule has 4 N–H and O–H groups in total. The highest BCUT2D eigenvalue weighted by Crippen LogP contribution is 2.48. The number of methoxy groups -OCH3 is 1. The Labute approximate surface area is 373 Å². The molecule has 1 fully saturated rings. The number of rotatable bonds is 10. The molecule has 0 saturated carbocycles. The van der Waals surface area contributed by atoms with Crippen LogP contribution in [-0.2, 0) is 31.1 Å². The molecule has 2 aliphatic carbocycles. The lowest BCUT2D eigenvalue weighted by molar-refractivity contribution is -0.322. The molecule has 1 unspecified atom stereocenters. The predicted octanol–water partition coefficient (Wildman–Crippen LogP) is 9.76. The number of ether oxygens (including phenoxy) is 2. The Bertz CT molecular complexity index is 2440. The monoisotopic (exact) mass is 854 g/mol. The quantitative estimate of drug-likeness (QED) is 0.0916. The van der Waals surface area contributed by atoms with Crippen molar-refractivity contribution in [3.05, 3.63) is 141 Å². The van der Waals surface area contributed by atoms with Crippen molar-refractivity contribution >= 4 is 34.9 Å². The number of benzene rings is 4. The Morgan fingerprint density at radius 1 is 0.619 bits per heavy atom. The smallest absolute Gasteiger partial charge is 0.207 e. The SMILES string of the molecule is CO[C@H]1O[C@H](C(O)C(=O)c2ccc(C=C(C)c3ccc4c(c3)C(C)(C)CCC4(C)C)cc2)[C@@H](O)[C@H](O)[C@]1(O)C(=O)c1ccc(C=C(C)c2ccc3c(c2)C(C)(C)CCC3(C)C)cc1. The summed E-state index contributed by atoms with van der Waals surface area (Å²) in [6.45, 7) is 22.5. The van der Waals surface area contributed by atoms with E-state index in [1.807, 2.05) is 19.1 Å². The molecule has 334 valence electrons. The van der Waals surface area contributed by atoms with Gasteiger partial charge in [-0.3, -0.25) is 9.59 Å². The molecule has 0 radical (unpaired) electrons. The molecule has 4 aromatic rings. The molecule has 1 saturated heterocycles. The van der Waals surface area contributed by atoms with Crippen LogP contribution in [0.15, 0.2) is 84.9 Å². The van der Waals surface area contributed by atoms with Gasteiger partial charge in [0.1, 0.15) is 24.4 Å². The average Bonchev–Trinajstić information content (AvgIpc) is 3.25. The number of allylic oxidation sites excluding steroid dienone is 2. The zero-order chi connectivity index (χ0) is 46.0. The van der Waals surface area contributed by atoms with Gasteiger partial charge in [0.2, 0.25) is 11.4 Å². The highest BCUT2D eigenvalue weighted by molar-refractivity contribution is 6.04. The minimum atomic E-state index is -2.76. The van der Waals surface area contributed by atoms with Gasteiger partial charge >= 0.3 is 0 Å². The van der Waals surface area contributed by atoms with Gasteiger partial charge in [0.05, 0.1) is 0 Å². The Morgan fingerprint density at radius 2 is 1.00 bits per heavy atom. The lowest BCUT2D eigenvalue weighted by atomic mass is 9.63. The van der Waals surface area contributed by atoms with E-state index < -0.39 is 47.9 Å². The van der Waals surface area contributed by atoms with Crippen molar-refractivity contribution in [3.8, 4) is 0 Å². The fraction of sp³-hybridized carbons (Fsp3) is 0.455. The Hall–Kier alpha value is -4.54. The van der Waals surface area contributed by atoms with E-state index in [0.29, 0.717) is 0 Å². The van der Waals surface area contributed by atoms with Gasteiger partial charge in [0.25, 0.3) is 0 Å². The minimum Gasteiger partial charge on any atom is -0.387 e. The summed E-state index contributed by atoms with van der Waals surface area (Å²) in [7, 11) is 1.16. The lowest BCUT2D eigenvalue weighted by Crippen LogP contribution is -2.71. The zero-order valence-electron chi connectivity index (χ0n) is 38.9. The standard InChI is InChI=1S/C55H66O8/c1-32(38-20-22-40-42(30-38)53(7,8)26-24-51(40,3)4)28-34-12-16-36(17-13-34)44(56)45(57)47-46(58)49(60)55(61,50(62-11)63-47)48(59)37-18-14-35(15-19-37)29-33(2)39-21-23-41-43(31-39)54(9,10)27-25-52(41,5)6/h12-23,28-31,45-47,49-50,57-58,60-61H,24-27H2,1-11H3/t45?,46-,47-,49+,50+,55-/m1/s1. The van der Waals surface area contributed by atoms with Crippen LogP contribution in [0.3, 0.4) is 0 Å². The molecule has 3 aliphatic rings. The highest BCUT2D eigenvalue weighted by Gasteiger charge is 2.61. The maximum Gasteiger partial charge on any atom is 0.207 e. The molecule has 1 aliphatic heterocycles. The third-order valence-electron chi connectivity index (χ3n) is 14.7. The predicted molar refractivity (Wildman–Crippen MR) is 251 cm³/mol. The van der Waals surface area contributed by atoms with Gasteiger partial charge in [0, 0.05) is 18.2 Å². The molecule has 0 aromatic heterocycles. The van der Waals surface area contributed by atoms with Gasteiger partial charge in [-0.2, -0.15) is 0 Å². The first-order chi connectivity index (χ1) is 29.4. The summed E-state index contributed by atoms with van der Waals surface area (Å²) in [5.41, 5.74) is 9.34. The van der Waals surface area contributed by atoms with Crippen molar-refractivity contribution in [2.75, 3.05) is 7.11 Å². The third-order valence-corrected chi connectivity index (χ3v) is 14.7. The molecule has 8 heteroatoms. The molecule has 63 heavy (non-hydrogen) atoms. The molecule has 0 amide bonds. The number of hydrogen-bond donors (Lipinski definition) is 4. The summed E-state index contributed by atoms with van der Waals surface area (Å²) in [6, 6.07) is 26.7. The Balaban J connectivity index is 1.03. The van der Waals surface area contributed by atoms with E-state index in [1.165, 1.54) is 34.4 Å². The van der Waals surface area contributed by atoms with Crippen molar-refractivity contribution < 1.29 is 39.5 Å². The van der Waals surface area contributed by atoms with Crippen molar-refractivity contribution in [1.29, 1.82) is 0 Å². The first-order valence-electron chi connectivity index (χ1n) is 22.3. The van der Waals surface area contributed by atoms with Crippen LogP contribution < -0.4 is 0 Å². The number of fused-ring (bicyclic) bond motifs is 2. The molecule has 6 atom stereocenters. The first-order valence-corrected chi connectivity index (χ1v) is 22.3. The zero-order valence-corrected chi connectivity index (χ0v) is 38.9. The van der Waals surface area contributed by atoms with Gasteiger partial charge < -0.3 is 29.9 Å². The molecular formula is C55H66O8. The van der Waals surface area contributed by atoms with Crippen molar-refractivity contribution in [3.63, 3.8) is 0 Å². The van der Waals surface area contributed by atoms with Gasteiger partial charge in [-0.05, 0) is 117 Å². The van der Waals surface area contributed by atoms with Crippen LogP contribution >= 0.6 is 0 Å². The molecule has 8 nitrogen and oxygen atoms in total. The van der Waals surface area contributed by atoms with Crippen molar-refractivity contribution in [1.82, 2.24) is 0 Å². The average molecular weight is 855 g/mol. The second kappa shape index (κ2) is 16.8. The van der Waals surface area contributed by atoms with Crippen LogP contribution in [0.25, 0.3) is 23.3 Å². The molecule has 0 bridgehead atoms. The summed E-state index contributed by atoms with van der Waals surface area (Å²) in [5.74, 6) is -1.72. The van der Waals surface area contributed by atoms with E-state index in [1.54, 1.807) is 36.4 Å². The summed E-state index contributed by atoms with van der Waals surface area (Å²) < 4.78 is 11.1. The van der Waals surface area contributed by atoms with Gasteiger partial charge in [-0.25, -0.2) is 0 Å². The fourth-order valence-corrected chi connectivity index (χ4v) is 10.0. The maximum atomic E-state index is 14.0. The van der Waals surface area contributed by atoms with Gasteiger partial charge in [0.15, 0.2) is 12.1 Å². The van der Waals surface area contributed by atoms with Crippen molar-refractivity contribution in [2.24, 2.45) is 0 Å². The number of aliphatic hydroxyl groups is 4. The summed E-state index contributed by atoms with van der Waals surface area (Å²) in [6.07, 6.45) is -1.13. The molecule has 1 heterocycles. The first kappa shape index (κ1) is 46.5. The molecule has 4 aromatic carbocycles. The Kier molecular flexibility index (Phi) is 12.4. The van der Waals surface area contributed by atoms with E-state index in [-0.39, 0.29) is 32.8 Å². The van der Waals surface area contributed by atoms with E-state index in [4.69, 9.17) is 9.47 Å². The minimum absolute atomic E-state index is 0.0424. The van der Waals surface area contributed by atoms with Crippen molar-refractivity contribution in [2.45, 2.75) is 153 Å². The Morgan fingerprint density at radius 3 is 1.41 bits per heavy atom. The van der Waals surface area contributed by atoms with Crippen LogP contribution in [0.1, 0.15) is 160 Å². The van der Waals surface area contributed by atoms with E-state index in [0.717, 1.165) is 66.2 Å². The number of carbonyl (C=O) groups excluding carboxylic acids is 2. The van der Waals surface area contributed by atoms with Crippen LogP contribution in [0.4, 0.5) is 0 Å². The van der Waals surface area contributed by atoms with Crippen LogP contribution in [0.2, 0.25) is 0 Å². The summed E-state index contributed by atoms with van der Waals surface area (Å²) in [4.78, 5) is 27.6. The van der Waals surface area contributed by atoms with E-state index in [9.17, 15) is 30.0 Å². The number of hydrogen-bond acceptors (Lipinski definition) is 8. The second-order valence-corrected chi connectivity index (χ2v) is 21.0. The van der Waals surface area contributed by atoms with Crippen LogP contribution in [0, 0.1) is 0 Å². The summed E-state index contributed by atoms with van der Waals surface area (Å²) in [5, 5.41) is 45.7. The van der Waals surface area contributed by atoms with E-state index in [2.05, 4.69) is 98.7 Å². The third kappa shape index (κ3) is 8.59. The molecular weight excluding hydrogens is 789 g/mol. The maximum absolute atomic E-state index is 14.0. The number of Topliss-reactive ketones (excluding diaryl/α,β-unsaturated/α-hetero) is 2. The number of aliphatic hydroxyl groups excluding tert-OH is 3. The van der Waals surface area contributed by atoms with Crippen LogP contribution in [0.5, 0.6) is 0 Å². The van der Waals surface area contributed by atoms with Gasteiger partial charge in [-0.15, -0.1) is 0 Å². The second-order valence-electron chi connectivity index (χ2n) is 21.0. The summed E-state index contributed by atoms with van der Waals surface area (Å²) >= 11 is 0.